The molecular weight excluding hydrogens is 252 g/mol. The maximum absolute atomic E-state index is 11.5. The molecule has 0 aromatic carbocycles. The predicted molar refractivity (Wildman–Crippen MR) is 65.6 cm³/mol. The number of nitrogens with zero attached hydrogens (tertiary/aromatic N) is 3. The summed E-state index contributed by atoms with van der Waals surface area (Å²) in [6, 6.07) is 0. The highest BCUT2D eigenvalue weighted by Gasteiger charge is 2.10. The van der Waals surface area contributed by atoms with Crippen LogP contribution in [0.25, 0.3) is 0 Å². The van der Waals surface area contributed by atoms with Gasteiger partial charge in [-0.2, -0.15) is 0 Å². The minimum absolute atomic E-state index is 0.0666. The highest BCUT2D eigenvalue weighted by molar-refractivity contribution is 5.84. The van der Waals surface area contributed by atoms with Crippen molar-refractivity contribution in [1.82, 2.24) is 20.3 Å². The SMILES string of the molecule is COCC(C)CC(=O)NCCn1cc(C(=O)O)nn1. The third kappa shape index (κ3) is 5.47. The summed E-state index contributed by atoms with van der Waals surface area (Å²) in [5.41, 5.74) is -0.111. The lowest BCUT2D eigenvalue weighted by atomic mass is 10.1. The Morgan fingerprint density at radius 2 is 2.32 bits per heavy atom. The number of hydrogen-bond donors (Lipinski definition) is 2. The van der Waals surface area contributed by atoms with E-state index in [4.69, 9.17) is 9.84 Å². The molecule has 8 heteroatoms. The number of carboxylic acids is 1. The summed E-state index contributed by atoms with van der Waals surface area (Å²) in [6.07, 6.45) is 1.72. The normalized spacial score (nSPS) is 12.1. The number of rotatable bonds is 8. The van der Waals surface area contributed by atoms with Gasteiger partial charge in [0.05, 0.1) is 12.7 Å². The van der Waals surface area contributed by atoms with Crippen LogP contribution in [0.3, 0.4) is 0 Å². The highest BCUT2D eigenvalue weighted by Crippen LogP contribution is 2.01. The Labute approximate surface area is 110 Å². The van der Waals surface area contributed by atoms with Gasteiger partial charge >= 0.3 is 5.97 Å². The Balaban J connectivity index is 2.25. The molecule has 19 heavy (non-hydrogen) atoms. The molecular formula is C11H18N4O4. The van der Waals surface area contributed by atoms with Gasteiger partial charge in [-0.1, -0.05) is 12.1 Å². The highest BCUT2D eigenvalue weighted by atomic mass is 16.5. The first-order valence-corrected chi connectivity index (χ1v) is 5.92. The lowest BCUT2D eigenvalue weighted by Gasteiger charge is -2.10. The summed E-state index contributed by atoms with van der Waals surface area (Å²) in [5, 5.41) is 18.5. The largest absolute Gasteiger partial charge is 0.476 e. The molecule has 1 aromatic heterocycles. The van der Waals surface area contributed by atoms with Crippen LogP contribution in [0.2, 0.25) is 0 Å². The van der Waals surface area contributed by atoms with Gasteiger partial charge in [0, 0.05) is 26.7 Å². The number of methoxy groups -OCH3 is 1. The molecule has 0 spiro atoms. The molecule has 0 fully saturated rings. The average Bonchev–Trinajstić information content (AvgIpc) is 2.78. The number of hydrogen-bond acceptors (Lipinski definition) is 5. The van der Waals surface area contributed by atoms with Crippen LogP contribution in [0.5, 0.6) is 0 Å². The van der Waals surface area contributed by atoms with Crippen LogP contribution in [0.1, 0.15) is 23.8 Å². The lowest BCUT2D eigenvalue weighted by molar-refractivity contribution is -0.122. The maximum atomic E-state index is 11.5. The first-order valence-electron chi connectivity index (χ1n) is 5.92. The number of carboxylic acid groups (broad SMARTS) is 1. The molecule has 8 nitrogen and oxygen atoms in total. The molecule has 1 amide bonds. The van der Waals surface area contributed by atoms with E-state index in [1.54, 1.807) is 7.11 Å². The molecule has 2 N–H and O–H groups in total. The number of amides is 1. The number of aromatic carboxylic acids is 1. The van der Waals surface area contributed by atoms with Gasteiger partial charge in [0.25, 0.3) is 0 Å². The molecule has 1 unspecified atom stereocenters. The van der Waals surface area contributed by atoms with Crippen LogP contribution in [-0.2, 0) is 16.1 Å². The van der Waals surface area contributed by atoms with Crippen LogP contribution < -0.4 is 5.32 Å². The minimum Gasteiger partial charge on any atom is -0.476 e. The third-order valence-electron chi connectivity index (χ3n) is 2.41. The fourth-order valence-electron chi connectivity index (χ4n) is 1.55. The number of carbonyl (C=O) groups is 2. The fourth-order valence-corrected chi connectivity index (χ4v) is 1.55. The molecule has 1 heterocycles. The molecule has 0 bridgehead atoms. The first-order chi connectivity index (χ1) is 9.02. The van der Waals surface area contributed by atoms with Crippen molar-refractivity contribution in [3.8, 4) is 0 Å². The molecule has 0 radical (unpaired) electrons. The second kappa shape index (κ2) is 7.47. The quantitative estimate of drug-likeness (QED) is 0.675. The molecule has 0 saturated carbocycles. The minimum atomic E-state index is -1.12. The van der Waals surface area contributed by atoms with Gasteiger partial charge in [-0.25, -0.2) is 9.48 Å². The molecule has 0 saturated heterocycles. The Kier molecular flexibility index (Phi) is 5.94. The zero-order chi connectivity index (χ0) is 14.3. The van der Waals surface area contributed by atoms with E-state index in [1.165, 1.54) is 10.9 Å². The van der Waals surface area contributed by atoms with Crippen molar-refractivity contribution in [1.29, 1.82) is 0 Å². The van der Waals surface area contributed by atoms with E-state index in [9.17, 15) is 9.59 Å². The van der Waals surface area contributed by atoms with Crippen LogP contribution in [0.4, 0.5) is 0 Å². The summed E-state index contributed by atoms with van der Waals surface area (Å²) in [4.78, 5) is 22.1. The lowest BCUT2D eigenvalue weighted by Crippen LogP contribution is -2.29. The fraction of sp³-hybridized carbons (Fsp3) is 0.636. The molecule has 1 atom stereocenters. The zero-order valence-electron chi connectivity index (χ0n) is 11.0. The topological polar surface area (TPSA) is 106 Å². The number of carbonyl (C=O) groups excluding carboxylic acids is 1. The first kappa shape index (κ1) is 15.1. The summed E-state index contributed by atoms with van der Waals surface area (Å²) >= 11 is 0. The maximum Gasteiger partial charge on any atom is 0.358 e. The smallest absolute Gasteiger partial charge is 0.358 e. The molecule has 0 aliphatic rings. The second-order valence-corrected chi connectivity index (χ2v) is 4.29. The average molecular weight is 270 g/mol. The van der Waals surface area contributed by atoms with E-state index < -0.39 is 5.97 Å². The zero-order valence-corrected chi connectivity index (χ0v) is 11.0. The Morgan fingerprint density at radius 1 is 1.58 bits per heavy atom. The van der Waals surface area contributed by atoms with Crippen molar-refractivity contribution in [2.45, 2.75) is 19.9 Å². The summed E-state index contributed by atoms with van der Waals surface area (Å²) in [5.74, 6) is -1.03. The van der Waals surface area contributed by atoms with Gasteiger partial charge < -0.3 is 15.2 Å². The van der Waals surface area contributed by atoms with E-state index in [-0.39, 0.29) is 17.5 Å². The number of aromatic nitrogens is 3. The van der Waals surface area contributed by atoms with Gasteiger partial charge in [0.15, 0.2) is 5.69 Å². The van der Waals surface area contributed by atoms with Gasteiger partial charge in [0.1, 0.15) is 0 Å². The Hall–Kier alpha value is -1.96. The van der Waals surface area contributed by atoms with E-state index in [2.05, 4.69) is 15.6 Å². The third-order valence-corrected chi connectivity index (χ3v) is 2.41. The molecule has 0 aliphatic heterocycles. The molecule has 1 aromatic rings. The van der Waals surface area contributed by atoms with Crippen LogP contribution in [0.15, 0.2) is 6.20 Å². The van der Waals surface area contributed by atoms with Crippen molar-refractivity contribution in [3.05, 3.63) is 11.9 Å². The number of ether oxygens (including phenoxy) is 1. The van der Waals surface area contributed by atoms with E-state index in [0.717, 1.165) is 0 Å². The summed E-state index contributed by atoms with van der Waals surface area (Å²) in [6.45, 7) is 3.23. The monoisotopic (exact) mass is 270 g/mol. The van der Waals surface area contributed by atoms with Crippen molar-refractivity contribution in [2.24, 2.45) is 5.92 Å². The molecule has 106 valence electrons. The summed E-state index contributed by atoms with van der Waals surface area (Å²) < 4.78 is 6.32. The predicted octanol–water partition coefficient (Wildman–Crippen LogP) is -0.235. The van der Waals surface area contributed by atoms with Crippen molar-refractivity contribution < 1.29 is 19.4 Å². The number of nitrogens with one attached hydrogen (secondary N) is 1. The van der Waals surface area contributed by atoms with Crippen LogP contribution >= 0.6 is 0 Å². The van der Waals surface area contributed by atoms with Gasteiger partial charge in [-0.05, 0) is 5.92 Å². The van der Waals surface area contributed by atoms with Crippen molar-refractivity contribution in [3.63, 3.8) is 0 Å². The standard InChI is InChI=1S/C11H18N4O4/c1-8(7-19-2)5-10(16)12-3-4-15-6-9(11(17)18)13-14-15/h6,8H,3-5,7H2,1-2H3,(H,12,16)(H,17,18). The molecule has 1 rings (SSSR count). The van der Waals surface area contributed by atoms with E-state index in [1.807, 2.05) is 6.92 Å². The van der Waals surface area contributed by atoms with Gasteiger partial charge in [0.2, 0.25) is 5.91 Å². The summed E-state index contributed by atoms with van der Waals surface area (Å²) in [7, 11) is 1.60. The Bertz CT molecular complexity index is 432. The van der Waals surface area contributed by atoms with E-state index >= 15 is 0 Å². The van der Waals surface area contributed by atoms with Gasteiger partial charge in [-0.3, -0.25) is 4.79 Å². The van der Waals surface area contributed by atoms with Gasteiger partial charge in [-0.15, -0.1) is 5.10 Å². The van der Waals surface area contributed by atoms with E-state index in [0.29, 0.717) is 26.1 Å². The second-order valence-electron chi connectivity index (χ2n) is 4.29. The van der Waals surface area contributed by atoms with Crippen LogP contribution in [-0.4, -0.2) is 52.2 Å². The Morgan fingerprint density at radius 3 is 2.89 bits per heavy atom. The molecule has 0 aliphatic carbocycles. The van der Waals surface area contributed by atoms with Crippen molar-refractivity contribution >= 4 is 11.9 Å². The van der Waals surface area contributed by atoms with Crippen molar-refractivity contribution in [2.75, 3.05) is 20.3 Å². The van der Waals surface area contributed by atoms with Crippen LogP contribution in [0, 0.1) is 5.92 Å².